The van der Waals surface area contributed by atoms with Gasteiger partial charge in [0.25, 0.3) is 0 Å². The number of carboxylic acid groups (broad SMARTS) is 1. The number of carboxylic acids is 1. The molecule has 0 heterocycles. The number of hydrogen-bond acceptors (Lipinski definition) is 3. The van der Waals surface area contributed by atoms with Gasteiger partial charge in [-0.1, -0.05) is 24.6 Å². The van der Waals surface area contributed by atoms with Crippen LogP contribution in [0.25, 0.3) is 0 Å². The second kappa shape index (κ2) is 7.16. The molecule has 1 aromatic rings. The average Bonchev–Trinajstić information content (AvgIpc) is 2.32. The van der Waals surface area contributed by atoms with Crippen molar-refractivity contribution in [1.82, 2.24) is 0 Å². The summed E-state index contributed by atoms with van der Waals surface area (Å²) >= 11 is 0. The molecule has 0 saturated heterocycles. The van der Waals surface area contributed by atoms with Gasteiger partial charge in [0.1, 0.15) is 11.0 Å². The first-order chi connectivity index (χ1) is 8.54. The fourth-order valence-electron chi connectivity index (χ4n) is 1.49. The zero-order valence-electron chi connectivity index (χ0n) is 10.6. The monoisotopic (exact) mass is 270 g/mol. The fourth-order valence-corrected chi connectivity index (χ4v) is 2.62. The van der Waals surface area contributed by atoms with Gasteiger partial charge < -0.3 is 9.84 Å². The highest BCUT2D eigenvalue weighted by Crippen LogP contribution is 2.11. The third-order valence-corrected chi connectivity index (χ3v) is 4.28. The topological polar surface area (TPSA) is 63.6 Å². The summed E-state index contributed by atoms with van der Waals surface area (Å²) < 4.78 is 17.1. The van der Waals surface area contributed by atoms with Gasteiger partial charge in [0.05, 0.1) is 12.4 Å². The lowest BCUT2D eigenvalue weighted by Gasteiger charge is -2.10. The Morgan fingerprint density at radius 3 is 2.50 bits per heavy atom. The Labute approximate surface area is 109 Å². The number of hydrogen-bond donors (Lipinski definition) is 1. The molecular formula is C13H18O4S. The number of carbonyl (C=O) groups is 1. The Kier molecular flexibility index (Phi) is 5.85. The van der Waals surface area contributed by atoms with E-state index in [9.17, 15) is 9.00 Å². The first-order valence-electron chi connectivity index (χ1n) is 5.84. The van der Waals surface area contributed by atoms with Crippen LogP contribution in [-0.4, -0.2) is 32.9 Å². The smallest absolute Gasteiger partial charge is 0.319 e. The Morgan fingerprint density at radius 1 is 1.39 bits per heavy atom. The first-order valence-corrected chi connectivity index (χ1v) is 7.22. The maximum Gasteiger partial charge on any atom is 0.319 e. The van der Waals surface area contributed by atoms with Crippen molar-refractivity contribution in [2.24, 2.45) is 0 Å². The number of rotatable bonds is 7. The highest BCUT2D eigenvalue weighted by atomic mass is 32.2. The Morgan fingerprint density at radius 2 is 2.00 bits per heavy atom. The van der Waals surface area contributed by atoms with Gasteiger partial charge in [-0.15, -0.1) is 0 Å². The maximum absolute atomic E-state index is 11.7. The van der Waals surface area contributed by atoms with Crippen LogP contribution in [0.2, 0.25) is 0 Å². The molecule has 0 aliphatic rings. The van der Waals surface area contributed by atoms with Crippen molar-refractivity contribution in [3.63, 3.8) is 0 Å². The van der Waals surface area contributed by atoms with Crippen LogP contribution in [-0.2, 0) is 15.6 Å². The molecule has 0 bridgehead atoms. The Hall–Kier alpha value is -1.36. The normalized spacial score (nSPS) is 13.9. The molecule has 18 heavy (non-hydrogen) atoms. The maximum atomic E-state index is 11.7. The highest BCUT2D eigenvalue weighted by molar-refractivity contribution is 7.86. The zero-order valence-corrected chi connectivity index (χ0v) is 11.4. The van der Waals surface area contributed by atoms with Crippen molar-refractivity contribution in [3.05, 3.63) is 29.8 Å². The molecule has 0 radical (unpaired) electrons. The summed E-state index contributed by atoms with van der Waals surface area (Å²) in [6.45, 7) is 3.97. The minimum Gasteiger partial charge on any atom is -0.493 e. The second-order valence-corrected chi connectivity index (χ2v) is 5.72. The lowest BCUT2D eigenvalue weighted by atomic mass is 10.2. The van der Waals surface area contributed by atoms with Crippen LogP contribution in [0.15, 0.2) is 24.3 Å². The largest absolute Gasteiger partial charge is 0.493 e. The van der Waals surface area contributed by atoms with Crippen molar-refractivity contribution in [1.29, 1.82) is 0 Å². The molecule has 5 heteroatoms. The summed E-state index contributed by atoms with van der Waals surface area (Å²) in [6, 6.07) is 7.54. The third-order valence-electron chi connectivity index (χ3n) is 2.54. The van der Waals surface area contributed by atoms with Crippen LogP contribution in [0.4, 0.5) is 0 Å². The molecule has 2 unspecified atom stereocenters. The second-order valence-electron chi connectivity index (χ2n) is 3.98. The van der Waals surface area contributed by atoms with Gasteiger partial charge in [0.15, 0.2) is 0 Å². The van der Waals surface area contributed by atoms with Crippen LogP contribution < -0.4 is 4.74 Å². The van der Waals surface area contributed by atoms with Crippen LogP contribution in [0.1, 0.15) is 18.9 Å². The van der Waals surface area contributed by atoms with E-state index in [1.807, 2.05) is 31.2 Å². The number of aryl methyl sites for hydroxylation is 1. The van der Waals surface area contributed by atoms with Gasteiger partial charge in [0.2, 0.25) is 0 Å². The molecule has 0 amide bonds. The van der Waals surface area contributed by atoms with E-state index in [4.69, 9.17) is 9.84 Å². The van der Waals surface area contributed by atoms with Gasteiger partial charge in [-0.3, -0.25) is 9.00 Å². The molecule has 0 aliphatic carbocycles. The number of ether oxygens (including phenoxy) is 1. The Balaban J connectivity index is 2.39. The predicted octanol–water partition coefficient (Wildman–Crippen LogP) is 1.99. The zero-order chi connectivity index (χ0) is 13.5. The van der Waals surface area contributed by atoms with Crippen molar-refractivity contribution in [3.8, 4) is 5.75 Å². The number of benzene rings is 1. The van der Waals surface area contributed by atoms with E-state index >= 15 is 0 Å². The minimum absolute atomic E-state index is 0.235. The van der Waals surface area contributed by atoms with Crippen LogP contribution in [0.5, 0.6) is 5.75 Å². The van der Waals surface area contributed by atoms with Gasteiger partial charge in [-0.25, -0.2) is 0 Å². The molecule has 100 valence electrons. The molecule has 0 aliphatic heterocycles. The molecule has 2 atom stereocenters. The van der Waals surface area contributed by atoms with Crippen molar-refractivity contribution >= 4 is 16.8 Å². The van der Waals surface area contributed by atoms with Crippen LogP contribution >= 0.6 is 0 Å². The van der Waals surface area contributed by atoms with Crippen molar-refractivity contribution < 1.29 is 18.8 Å². The van der Waals surface area contributed by atoms with Gasteiger partial charge in [-0.05, 0) is 25.5 Å². The quantitative estimate of drug-likeness (QED) is 0.823. The van der Waals surface area contributed by atoms with E-state index in [0.29, 0.717) is 12.2 Å². The van der Waals surface area contributed by atoms with Crippen LogP contribution in [0.3, 0.4) is 0 Å². The molecule has 0 aromatic heterocycles. The molecule has 0 spiro atoms. The fraction of sp³-hybridized carbons (Fsp3) is 0.462. The van der Waals surface area contributed by atoms with E-state index in [1.165, 1.54) is 0 Å². The van der Waals surface area contributed by atoms with Gasteiger partial charge >= 0.3 is 5.97 Å². The van der Waals surface area contributed by atoms with Crippen molar-refractivity contribution in [2.75, 3.05) is 12.4 Å². The summed E-state index contributed by atoms with van der Waals surface area (Å²) in [4.78, 5) is 10.8. The minimum atomic E-state index is -1.39. The molecular weight excluding hydrogens is 252 g/mol. The van der Waals surface area contributed by atoms with Gasteiger partial charge in [-0.2, -0.15) is 0 Å². The molecule has 4 nitrogen and oxygen atoms in total. The van der Waals surface area contributed by atoms with E-state index in [-0.39, 0.29) is 12.4 Å². The van der Waals surface area contributed by atoms with E-state index in [2.05, 4.69) is 0 Å². The lowest BCUT2D eigenvalue weighted by molar-refractivity contribution is -0.136. The summed E-state index contributed by atoms with van der Waals surface area (Å²) in [5.74, 6) is -0.0641. The van der Waals surface area contributed by atoms with Crippen molar-refractivity contribution in [2.45, 2.75) is 25.5 Å². The Bertz CT molecular complexity index is 414. The standard InChI is InChI=1S/C13H18O4S/c1-3-12(13(14)15)18(16)9-8-17-11-6-4-10(2)5-7-11/h4-7,12H,3,8-9H2,1-2H3,(H,14,15). The molecule has 0 fully saturated rings. The SMILES string of the molecule is CCC(C(=O)O)S(=O)CCOc1ccc(C)cc1. The molecule has 1 N–H and O–H groups in total. The summed E-state index contributed by atoms with van der Waals surface area (Å²) in [5.41, 5.74) is 1.14. The summed E-state index contributed by atoms with van der Waals surface area (Å²) in [6.07, 6.45) is 0.368. The highest BCUT2D eigenvalue weighted by Gasteiger charge is 2.22. The summed E-state index contributed by atoms with van der Waals surface area (Å²) in [5, 5.41) is 8.06. The molecule has 1 aromatic carbocycles. The van der Waals surface area contributed by atoms with E-state index in [0.717, 1.165) is 5.56 Å². The van der Waals surface area contributed by atoms with E-state index < -0.39 is 22.0 Å². The van der Waals surface area contributed by atoms with E-state index in [1.54, 1.807) is 6.92 Å². The average molecular weight is 270 g/mol. The molecule has 1 rings (SSSR count). The number of aliphatic carboxylic acids is 1. The molecule has 0 saturated carbocycles. The lowest BCUT2D eigenvalue weighted by Crippen LogP contribution is -2.28. The first kappa shape index (κ1) is 14.7. The predicted molar refractivity (Wildman–Crippen MR) is 71.4 cm³/mol. The van der Waals surface area contributed by atoms with Gasteiger partial charge in [0, 0.05) is 10.8 Å². The van der Waals surface area contributed by atoms with Crippen LogP contribution in [0, 0.1) is 6.92 Å². The summed E-state index contributed by atoms with van der Waals surface area (Å²) in [7, 11) is -1.39. The third kappa shape index (κ3) is 4.49.